The van der Waals surface area contributed by atoms with Gasteiger partial charge in [0.25, 0.3) is 0 Å². The van der Waals surface area contributed by atoms with E-state index in [0.29, 0.717) is 37.0 Å². The number of nitrogens with one attached hydrogen (secondary N) is 1. The lowest BCUT2D eigenvalue weighted by molar-refractivity contribution is 0.0496. The van der Waals surface area contributed by atoms with Crippen molar-refractivity contribution in [3.05, 3.63) is 39.4 Å². The number of esters is 1. The Morgan fingerprint density at radius 1 is 1.20 bits per heavy atom. The molecule has 2 fully saturated rings. The first-order valence-electron chi connectivity index (χ1n) is 12.4. The predicted octanol–water partition coefficient (Wildman–Crippen LogP) is 4.07. The molecule has 0 radical (unpaired) electrons. The lowest BCUT2D eigenvalue weighted by Crippen LogP contribution is -2.48. The Labute approximate surface area is 203 Å². The van der Waals surface area contributed by atoms with Crippen molar-refractivity contribution in [1.82, 2.24) is 9.88 Å². The number of alkyl carbamates (subject to hydrolysis) is 1. The summed E-state index contributed by atoms with van der Waals surface area (Å²) in [4.78, 5) is 40.1. The summed E-state index contributed by atoms with van der Waals surface area (Å²) < 4.78 is 28.1. The number of aromatic nitrogens is 1. The van der Waals surface area contributed by atoms with Crippen LogP contribution in [0.4, 0.5) is 14.9 Å². The molecule has 2 aliphatic heterocycles. The van der Waals surface area contributed by atoms with Crippen molar-refractivity contribution in [2.75, 3.05) is 18.1 Å². The summed E-state index contributed by atoms with van der Waals surface area (Å²) in [5, 5.41) is 3.19. The van der Waals surface area contributed by atoms with E-state index in [4.69, 9.17) is 9.47 Å². The quantitative estimate of drug-likeness (QED) is 0.657. The monoisotopic (exact) mass is 485 g/mol. The van der Waals surface area contributed by atoms with Crippen LogP contribution in [0.1, 0.15) is 75.3 Å². The van der Waals surface area contributed by atoms with Crippen molar-refractivity contribution in [2.45, 2.75) is 83.5 Å². The molecule has 1 amide bonds. The highest BCUT2D eigenvalue weighted by atomic mass is 19.1. The Hall–Kier alpha value is -3.10. The van der Waals surface area contributed by atoms with Crippen LogP contribution in [0.15, 0.2) is 17.1 Å². The number of rotatable bonds is 4. The minimum atomic E-state index is -0.678. The van der Waals surface area contributed by atoms with Gasteiger partial charge in [-0.15, -0.1) is 0 Å². The zero-order valence-electron chi connectivity index (χ0n) is 20.7. The molecule has 5 rings (SSSR count). The van der Waals surface area contributed by atoms with Crippen LogP contribution in [0, 0.1) is 5.82 Å². The standard InChI is InChI=1S/C26H32FN3O5/c1-5-34-24(32)17-13-30(14-6-7-14)21-15-8-9-20-19(28-25(33)35-26(2,3)4)10-11-29(20)22(15)18(27)12-16(21)23(17)31/h12-14,19-20H,5-11H2,1-4H3,(H,28,33). The molecule has 2 aromatic rings. The van der Waals surface area contributed by atoms with E-state index in [2.05, 4.69) is 5.32 Å². The van der Waals surface area contributed by atoms with Crippen LogP contribution in [-0.4, -0.2) is 47.5 Å². The minimum absolute atomic E-state index is 0.0536. The minimum Gasteiger partial charge on any atom is -0.462 e. The van der Waals surface area contributed by atoms with E-state index < -0.39 is 28.9 Å². The zero-order valence-corrected chi connectivity index (χ0v) is 20.7. The van der Waals surface area contributed by atoms with Crippen molar-refractivity contribution in [1.29, 1.82) is 0 Å². The zero-order chi connectivity index (χ0) is 25.1. The third-order valence-electron chi connectivity index (χ3n) is 7.00. The fourth-order valence-corrected chi connectivity index (χ4v) is 5.51. The van der Waals surface area contributed by atoms with Gasteiger partial charge in [0.05, 0.1) is 23.9 Å². The summed E-state index contributed by atoms with van der Waals surface area (Å²) in [6.45, 7) is 7.89. The summed E-state index contributed by atoms with van der Waals surface area (Å²) in [5.74, 6) is -1.15. The highest BCUT2D eigenvalue weighted by molar-refractivity contribution is 5.96. The Morgan fingerprint density at radius 2 is 1.94 bits per heavy atom. The number of pyridine rings is 1. The second kappa shape index (κ2) is 8.53. The smallest absolute Gasteiger partial charge is 0.407 e. The van der Waals surface area contributed by atoms with Gasteiger partial charge in [-0.2, -0.15) is 0 Å². The molecule has 35 heavy (non-hydrogen) atoms. The molecule has 1 saturated carbocycles. The number of aryl methyl sites for hydroxylation is 1. The fraction of sp³-hybridized carbons (Fsp3) is 0.577. The molecule has 1 saturated heterocycles. The first-order chi connectivity index (χ1) is 16.6. The van der Waals surface area contributed by atoms with Gasteiger partial charge in [-0.25, -0.2) is 14.0 Å². The summed E-state index contributed by atoms with van der Waals surface area (Å²) in [5.41, 5.74) is 0.867. The highest BCUT2D eigenvalue weighted by Crippen LogP contribution is 2.44. The molecular weight excluding hydrogens is 453 g/mol. The van der Waals surface area contributed by atoms with Gasteiger partial charge in [0.2, 0.25) is 5.43 Å². The van der Waals surface area contributed by atoms with Crippen LogP contribution in [0.2, 0.25) is 0 Å². The number of fused-ring (bicyclic) bond motifs is 5. The van der Waals surface area contributed by atoms with Crippen LogP contribution in [0.3, 0.4) is 0 Å². The van der Waals surface area contributed by atoms with Crippen LogP contribution in [-0.2, 0) is 15.9 Å². The van der Waals surface area contributed by atoms with Gasteiger partial charge in [-0.1, -0.05) is 0 Å². The average Bonchev–Trinajstić information content (AvgIpc) is 3.54. The van der Waals surface area contributed by atoms with Crippen molar-refractivity contribution < 1.29 is 23.5 Å². The molecular formula is C26H32FN3O5. The Kier molecular flexibility index (Phi) is 5.76. The number of carbonyl (C=O) groups is 2. The van der Waals surface area contributed by atoms with Gasteiger partial charge in [-0.3, -0.25) is 4.79 Å². The Balaban J connectivity index is 1.55. The van der Waals surface area contributed by atoms with E-state index in [1.165, 1.54) is 6.07 Å². The van der Waals surface area contributed by atoms with Gasteiger partial charge >= 0.3 is 12.1 Å². The number of hydrogen-bond donors (Lipinski definition) is 1. The van der Waals surface area contributed by atoms with Crippen LogP contribution >= 0.6 is 0 Å². The lowest BCUT2D eigenvalue weighted by Gasteiger charge is -2.37. The Morgan fingerprint density at radius 3 is 2.60 bits per heavy atom. The molecule has 1 aromatic heterocycles. The maximum absolute atomic E-state index is 15.6. The number of carbonyl (C=O) groups excluding carboxylic acids is 2. The summed E-state index contributed by atoms with van der Waals surface area (Å²) in [6, 6.07) is 1.25. The first kappa shape index (κ1) is 23.6. The molecule has 188 valence electrons. The topological polar surface area (TPSA) is 89.9 Å². The highest BCUT2D eigenvalue weighted by Gasteiger charge is 2.42. The SMILES string of the molecule is CCOC(=O)c1cn(C2CC2)c2c3c(c(F)cc2c1=O)N1CCC(NC(=O)OC(C)(C)C)C1CC3. The molecule has 0 bridgehead atoms. The number of amides is 1. The number of hydrogen-bond acceptors (Lipinski definition) is 6. The van der Waals surface area contributed by atoms with Crippen LogP contribution in [0.25, 0.3) is 10.9 Å². The number of anilines is 1. The molecule has 2 unspecified atom stereocenters. The van der Waals surface area contributed by atoms with Crippen LogP contribution < -0.4 is 15.6 Å². The number of halogens is 1. The number of ether oxygens (including phenoxy) is 2. The van der Waals surface area contributed by atoms with Gasteiger partial charge in [0, 0.05) is 35.8 Å². The molecule has 3 heterocycles. The fourth-order valence-electron chi connectivity index (χ4n) is 5.51. The third kappa shape index (κ3) is 4.25. The summed E-state index contributed by atoms with van der Waals surface area (Å²) >= 11 is 0. The summed E-state index contributed by atoms with van der Waals surface area (Å²) in [6.07, 6.45) is 4.98. The number of benzene rings is 1. The molecule has 1 aliphatic carbocycles. The van der Waals surface area contributed by atoms with Gasteiger partial charge < -0.3 is 24.3 Å². The van der Waals surface area contributed by atoms with E-state index >= 15 is 4.39 Å². The maximum Gasteiger partial charge on any atom is 0.407 e. The number of nitrogens with zero attached hydrogens (tertiary/aromatic N) is 2. The van der Waals surface area contributed by atoms with Crippen molar-refractivity contribution in [3.8, 4) is 0 Å². The van der Waals surface area contributed by atoms with E-state index in [0.717, 1.165) is 18.4 Å². The van der Waals surface area contributed by atoms with Gasteiger partial charge in [0.15, 0.2) is 0 Å². The van der Waals surface area contributed by atoms with Crippen molar-refractivity contribution in [2.24, 2.45) is 0 Å². The molecule has 1 N–H and O–H groups in total. The molecule has 0 spiro atoms. The molecule has 2 atom stereocenters. The largest absolute Gasteiger partial charge is 0.462 e. The van der Waals surface area contributed by atoms with E-state index in [-0.39, 0.29) is 35.7 Å². The average molecular weight is 486 g/mol. The molecule has 3 aliphatic rings. The van der Waals surface area contributed by atoms with Crippen LogP contribution in [0.5, 0.6) is 0 Å². The lowest BCUT2D eigenvalue weighted by atomic mass is 9.91. The second-order valence-corrected chi connectivity index (χ2v) is 10.7. The Bertz CT molecular complexity index is 1260. The van der Waals surface area contributed by atoms with Crippen molar-refractivity contribution in [3.63, 3.8) is 0 Å². The van der Waals surface area contributed by atoms with Gasteiger partial charge in [-0.05, 0) is 65.9 Å². The predicted molar refractivity (Wildman–Crippen MR) is 130 cm³/mol. The van der Waals surface area contributed by atoms with Gasteiger partial charge in [0.1, 0.15) is 17.0 Å². The van der Waals surface area contributed by atoms with E-state index in [9.17, 15) is 14.4 Å². The van der Waals surface area contributed by atoms with Crippen molar-refractivity contribution >= 4 is 28.7 Å². The van der Waals surface area contributed by atoms with E-state index in [1.54, 1.807) is 13.1 Å². The molecule has 1 aromatic carbocycles. The first-order valence-corrected chi connectivity index (χ1v) is 12.4. The normalized spacial score (nSPS) is 21.5. The third-order valence-corrected chi connectivity index (χ3v) is 7.00. The summed E-state index contributed by atoms with van der Waals surface area (Å²) in [7, 11) is 0. The maximum atomic E-state index is 15.6. The molecule has 8 nitrogen and oxygen atoms in total. The molecule has 9 heteroatoms. The van der Waals surface area contributed by atoms with E-state index in [1.807, 2.05) is 30.2 Å². The second-order valence-electron chi connectivity index (χ2n) is 10.7.